The second-order valence-electron chi connectivity index (χ2n) is 7.69. The summed E-state index contributed by atoms with van der Waals surface area (Å²) in [6.07, 6.45) is 0.919. The molecule has 2 aromatic heterocycles. The van der Waals surface area contributed by atoms with E-state index in [4.69, 9.17) is 9.97 Å². The van der Waals surface area contributed by atoms with Crippen molar-refractivity contribution in [3.8, 4) is 5.95 Å². The molecular weight excluding hydrogens is 358 g/mol. The van der Waals surface area contributed by atoms with E-state index in [9.17, 15) is 0 Å². The van der Waals surface area contributed by atoms with Crippen LogP contribution in [0.2, 0.25) is 0 Å². The first kappa shape index (κ1) is 17.9. The van der Waals surface area contributed by atoms with Gasteiger partial charge in [-0.2, -0.15) is 4.98 Å². The van der Waals surface area contributed by atoms with Crippen molar-refractivity contribution in [1.29, 1.82) is 0 Å². The summed E-state index contributed by atoms with van der Waals surface area (Å²) in [5, 5.41) is 8.28. The highest BCUT2D eigenvalue weighted by atomic mass is 15.2. The normalized spacial score (nSPS) is 13.4. The molecule has 0 bridgehead atoms. The van der Waals surface area contributed by atoms with Crippen LogP contribution in [0.5, 0.6) is 0 Å². The molecule has 5 rings (SSSR count). The molecular formula is C24H25N5. The largest absolute Gasteiger partial charge is 0.366 e. The summed E-state index contributed by atoms with van der Waals surface area (Å²) >= 11 is 0. The van der Waals surface area contributed by atoms with Crippen molar-refractivity contribution < 1.29 is 0 Å². The first-order valence-electron chi connectivity index (χ1n) is 10.2. The zero-order chi connectivity index (χ0) is 19.8. The standard InChI is InChI=1S/C24H25N5/c1-16-7-6-10-22-19(16)13-17(2)29(22)24-27-21-11-12-25-15-20(21)23(28-24)26-14-18-8-4-3-5-9-18/h3-10,13,25H,11-12,14-15H2,1-2H3,(H,26,27,28). The van der Waals surface area contributed by atoms with E-state index in [0.717, 1.165) is 54.7 Å². The number of aromatic nitrogens is 3. The third-order valence-corrected chi connectivity index (χ3v) is 5.67. The summed E-state index contributed by atoms with van der Waals surface area (Å²) in [6, 6.07) is 19.1. The monoisotopic (exact) mass is 383 g/mol. The maximum atomic E-state index is 4.98. The zero-order valence-electron chi connectivity index (χ0n) is 16.9. The number of hydrogen-bond donors (Lipinski definition) is 2. The molecule has 0 radical (unpaired) electrons. The SMILES string of the molecule is Cc1cccc2c1cc(C)n2-c1nc2c(c(NCc3ccccc3)n1)CNCC2. The molecule has 2 aromatic carbocycles. The van der Waals surface area contributed by atoms with E-state index in [-0.39, 0.29) is 0 Å². The molecule has 1 aliphatic rings. The number of fused-ring (bicyclic) bond motifs is 2. The van der Waals surface area contributed by atoms with Gasteiger partial charge in [0, 0.05) is 42.7 Å². The van der Waals surface area contributed by atoms with Crippen LogP contribution in [0.4, 0.5) is 5.82 Å². The minimum Gasteiger partial charge on any atom is -0.366 e. The second kappa shape index (κ2) is 7.33. The lowest BCUT2D eigenvalue weighted by molar-refractivity contribution is 0.624. The lowest BCUT2D eigenvalue weighted by atomic mass is 10.1. The summed E-state index contributed by atoms with van der Waals surface area (Å²) in [5.74, 6) is 1.68. The van der Waals surface area contributed by atoms with E-state index in [1.165, 1.54) is 22.1 Å². The van der Waals surface area contributed by atoms with Crippen LogP contribution >= 0.6 is 0 Å². The molecule has 0 atom stereocenters. The van der Waals surface area contributed by atoms with Crippen LogP contribution < -0.4 is 10.6 Å². The van der Waals surface area contributed by atoms with Crippen molar-refractivity contribution >= 4 is 16.7 Å². The molecule has 146 valence electrons. The Bertz CT molecular complexity index is 1180. The van der Waals surface area contributed by atoms with Crippen LogP contribution in [0.15, 0.2) is 54.6 Å². The second-order valence-corrected chi connectivity index (χ2v) is 7.69. The van der Waals surface area contributed by atoms with Crippen LogP contribution in [-0.4, -0.2) is 21.1 Å². The van der Waals surface area contributed by atoms with Gasteiger partial charge >= 0.3 is 0 Å². The number of benzene rings is 2. The lowest BCUT2D eigenvalue weighted by Gasteiger charge is -2.21. The Labute approximate surface area is 170 Å². The molecule has 0 amide bonds. The van der Waals surface area contributed by atoms with E-state index in [2.05, 4.69) is 77.6 Å². The number of nitrogens with zero attached hydrogens (tertiary/aromatic N) is 3. The number of aryl methyl sites for hydroxylation is 2. The molecule has 3 heterocycles. The Morgan fingerprint density at radius 2 is 1.90 bits per heavy atom. The molecule has 0 saturated carbocycles. The van der Waals surface area contributed by atoms with Crippen molar-refractivity contribution in [2.45, 2.75) is 33.4 Å². The van der Waals surface area contributed by atoms with E-state index in [1.807, 2.05) is 6.07 Å². The van der Waals surface area contributed by atoms with Crippen LogP contribution in [0.1, 0.15) is 28.1 Å². The van der Waals surface area contributed by atoms with E-state index < -0.39 is 0 Å². The predicted octanol–water partition coefficient (Wildman–Crippen LogP) is 4.30. The minimum atomic E-state index is 0.744. The molecule has 0 fully saturated rings. The molecule has 4 aromatic rings. The highest BCUT2D eigenvalue weighted by molar-refractivity contribution is 5.85. The van der Waals surface area contributed by atoms with Gasteiger partial charge in [0.1, 0.15) is 5.82 Å². The number of nitrogens with one attached hydrogen (secondary N) is 2. The van der Waals surface area contributed by atoms with Gasteiger partial charge in [-0.25, -0.2) is 4.98 Å². The van der Waals surface area contributed by atoms with Gasteiger partial charge in [0.25, 0.3) is 0 Å². The summed E-state index contributed by atoms with van der Waals surface area (Å²) in [7, 11) is 0. The fourth-order valence-electron chi connectivity index (χ4n) is 4.13. The third kappa shape index (κ3) is 3.28. The molecule has 1 aliphatic heterocycles. The maximum Gasteiger partial charge on any atom is 0.236 e. The van der Waals surface area contributed by atoms with Gasteiger partial charge in [-0.05, 0) is 37.1 Å². The van der Waals surface area contributed by atoms with Crippen molar-refractivity contribution in [2.24, 2.45) is 0 Å². The van der Waals surface area contributed by atoms with Gasteiger partial charge in [0.2, 0.25) is 5.95 Å². The van der Waals surface area contributed by atoms with Gasteiger partial charge in [-0.15, -0.1) is 0 Å². The van der Waals surface area contributed by atoms with Crippen molar-refractivity contribution in [3.63, 3.8) is 0 Å². The molecule has 0 saturated heterocycles. The average molecular weight is 383 g/mol. The average Bonchev–Trinajstić information content (AvgIpc) is 3.10. The number of rotatable bonds is 4. The molecule has 0 unspecified atom stereocenters. The van der Waals surface area contributed by atoms with Gasteiger partial charge in [-0.1, -0.05) is 42.5 Å². The van der Waals surface area contributed by atoms with E-state index >= 15 is 0 Å². The van der Waals surface area contributed by atoms with Crippen molar-refractivity contribution in [2.75, 3.05) is 11.9 Å². The Hall–Kier alpha value is -3.18. The van der Waals surface area contributed by atoms with Gasteiger partial charge in [-0.3, -0.25) is 4.57 Å². The summed E-state index contributed by atoms with van der Waals surface area (Å²) in [5.41, 5.74) is 7.14. The maximum absolute atomic E-state index is 4.98. The Morgan fingerprint density at radius 1 is 1.03 bits per heavy atom. The molecule has 5 nitrogen and oxygen atoms in total. The first-order chi connectivity index (χ1) is 14.2. The van der Waals surface area contributed by atoms with E-state index in [0.29, 0.717) is 0 Å². The highest BCUT2D eigenvalue weighted by Gasteiger charge is 2.20. The summed E-state index contributed by atoms with van der Waals surface area (Å²) < 4.78 is 2.18. The topological polar surface area (TPSA) is 54.8 Å². The quantitative estimate of drug-likeness (QED) is 0.552. The van der Waals surface area contributed by atoms with E-state index in [1.54, 1.807) is 0 Å². The van der Waals surface area contributed by atoms with Crippen LogP contribution in [0.3, 0.4) is 0 Å². The zero-order valence-corrected chi connectivity index (χ0v) is 16.9. The van der Waals surface area contributed by atoms with Gasteiger partial charge in [0.05, 0.1) is 11.2 Å². The fourth-order valence-corrected chi connectivity index (χ4v) is 4.13. The van der Waals surface area contributed by atoms with Crippen molar-refractivity contribution in [1.82, 2.24) is 19.9 Å². The Kier molecular flexibility index (Phi) is 4.52. The first-order valence-corrected chi connectivity index (χ1v) is 10.2. The lowest BCUT2D eigenvalue weighted by Crippen LogP contribution is -2.27. The molecule has 0 aliphatic carbocycles. The smallest absolute Gasteiger partial charge is 0.236 e. The molecule has 5 heteroatoms. The molecule has 29 heavy (non-hydrogen) atoms. The predicted molar refractivity (Wildman–Crippen MR) is 118 cm³/mol. The van der Waals surface area contributed by atoms with Gasteiger partial charge in [0.15, 0.2) is 0 Å². The third-order valence-electron chi connectivity index (χ3n) is 5.67. The highest BCUT2D eigenvalue weighted by Crippen LogP contribution is 2.28. The van der Waals surface area contributed by atoms with Crippen molar-refractivity contribution in [3.05, 3.63) is 82.7 Å². The fraction of sp³-hybridized carbons (Fsp3) is 0.250. The van der Waals surface area contributed by atoms with Crippen LogP contribution in [0.25, 0.3) is 16.9 Å². The van der Waals surface area contributed by atoms with Gasteiger partial charge < -0.3 is 10.6 Å². The Balaban J connectivity index is 1.61. The Morgan fingerprint density at radius 3 is 2.76 bits per heavy atom. The van der Waals surface area contributed by atoms with Crippen LogP contribution in [-0.2, 0) is 19.5 Å². The molecule has 2 N–H and O–H groups in total. The number of hydrogen-bond acceptors (Lipinski definition) is 4. The summed E-state index contributed by atoms with van der Waals surface area (Å²) in [4.78, 5) is 9.97. The minimum absolute atomic E-state index is 0.744. The van der Waals surface area contributed by atoms with Crippen LogP contribution in [0, 0.1) is 13.8 Å². The summed E-state index contributed by atoms with van der Waals surface area (Å²) in [6.45, 7) is 6.77. The molecule has 0 spiro atoms. The number of anilines is 1.